The Balaban J connectivity index is 1.42. The number of halogens is 2. The normalized spacial score (nSPS) is 18.0. The summed E-state index contributed by atoms with van der Waals surface area (Å²) in [5.74, 6) is 0.657. The Morgan fingerprint density at radius 2 is 1.79 bits per heavy atom. The van der Waals surface area contributed by atoms with E-state index in [1.807, 2.05) is 62.1 Å². The van der Waals surface area contributed by atoms with Crippen LogP contribution < -0.4 is 4.74 Å². The summed E-state index contributed by atoms with van der Waals surface area (Å²) in [7, 11) is 0. The lowest BCUT2D eigenvalue weighted by Crippen LogP contribution is -2.44. The first-order valence-electron chi connectivity index (χ1n) is 15.1. The van der Waals surface area contributed by atoms with Gasteiger partial charge in [-0.05, 0) is 74.9 Å². The van der Waals surface area contributed by atoms with Crippen molar-refractivity contribution >= 4 is 40.8 Å². The van der Waals surface area contributed by atoms with Crippen molar-refractivity contribution in [2.24, 2.45) is 0 Å². The maximum absolute atomic E-state index is 14.4. The molecule has 10 heteroatoms. The predicted molar refractivity (Wildman–Crippen MR) is 169 cm³/mol. The molecule has 2 fully saturated rings. The van der Waals surface area contributed by atoms with Gasteiger partial charge in [-0.3, -0.25) is 9.69 Å². The molecular formula is C33H41Cl2N3O5. The smallest absolute Gasteiger partial charge is 0.410 e. The molecule has 2 aromatic rings. The van der Waals surface area contributed by atoms with Gasteiger partial charge in [0.25, 0.3) is 5.91 Å². The molecule has 1 saturated carbocycles. The fraction of sp³-hybridized carbons (Fsp3) is 0.515. The van der Waals surface area contributed by atoms with Crippen LogP contribution in [0.5, 0.6) is 5.75 Å². The van der Waals surface area contributed by atoms with E-state index in [9.17, 15) is 9.59 Å². The molecule has 0 spiro atoms. The summed E-state index contributed by atoms with van der Waals surface area (Å²) in [4.78, 5) is 33.4. The highest BCUT2D eigenvalue weighted by Crippen LogP contribution is 2.36. The molecule has 8 nitrogen and oxygen atoms in total. The molecule has 0 atom stereocenters. The number of nitrogens with zero attached hydrogens (tertiary/aromatic N) is 3. The number of carbonyl (C=O) groups excluding carboxylic acids is 2. The lowest BCUT2D eigenvalue weighted by Gasteiger charge is -2.34. The van der Waals surface area contributed by atoms with Gasteiger partial charge in [-0.2, -0.15) is 0 Å². The Morgan fingerprint density at radius 1 is 1.05 bits per heavy atom. The van der Waals surface area contributed by atoms with Gasteiger partial charge >= 0.3 is 6.09 Å². The highest BCUT2D eigenvalue weighted by Gasteiger charge is 2.38. The first kappa shape index (κ1) is 31.6. The third kappa shape index (κ3) is 8.44. The van der Waals surface area contributed by atoms with Crippen LogP contribution in [0.4, 0.5) is 4.79 Å². The first-order valence-corrected chi connectivity index (χ1v) is 15.8. The van der Waals surface area contributed by atoms with Gasteiger partial charge in [0, 0.05) is 44.3 Å². The SMILES string of the molecule is CC(C)(C)OC(=O)N1CCC(c2cccc(OCCN3CCOCC3)c2)=C(C(=O)N(Cc2cccc(Cl)c2Cl)C2CC2)C1. The Morgan fingerprint density at radius 3 is 2.51 bits per heavy atom. The van der Waals surface area contributed by atoms with E-state index < -0.39 is 11.7 Å². The molecule has 2 aliphatic heterocycles. The zero-order chi connectivity index (χ0) is 30.6. The lowest BCUT2D eigenvalue weighted by molar-refractivity contribution is -0.128. The molecule has 1 aliphatic carbocycles. The molecule has 0 unspecified atom stereocenters. The molecule has 1 saturated heterocycles. The van der Waals surface area contributed by atoms with Crippen molar-refractivity contribution in [3.05, 3.63) is 69.2 Å². The zero-order valence-corrected chi connectivity index (χ0v) is 26.8. The summed E-state index contributed by atoms with van der Waals surface area (Å²) >= 11 is 12.8. The van der Waals surface area contributed by atoms with Crippen molar-refractivity contribution in [3.63, 3.8) is 0 Å². The van der Waals surface area contributed by atoms with Crippen LogP contribution in [0.2, 0.25) is 10.0 Å². The maximum atomic E-state index is 14.4. The number of morpholine rings is 1. The number of hydrogen-bond donors (Lipinski definition) is 0. The van der Waals surface area contributed by atoms with E-state index in [0.717, 1.165) is 68.1 Å². The highest BCUT2D eigenvalue weighted by atomic mass is 35.5. The summed E-state index contributed by atoms with van der Waals surface area (Å²) in [6.07, 6.45) is 1.95. The number of rotatable bonds is 9. The van der Waals surface area contributed by atoms with Crippen molar-refractivity contribution in [2.45, 2.75) is 58.2 Å². The molecular weight excluding hydrogens is 589 g/mol. The van der Waals surface area contributed by atoms with E-state index in [1.54, 1.807) is 11.0 Å². The summed E-state index contributed by atoms with van der Waals surface area (Å²) in [6, 6.07) is 13.5. The van der Waals surface area contributed by atoms with Gasteiger partial charge in [0.05, 0.1) is 29.8 Å². The van der Waals surface area contributed by atoms with Gasteiger partial charge < -0.3 is 24.0 Å². The number of benzene rings is 2. The zero-order valence-electron chi connectivity index (χ0n) is 25.2. The van der Waals surface area contributed by atoms with Gasteiger partial charge in [-0.25, -0.2) is 4.79 Å². The van der Waals surface area contributed by atoms with E-state index in [0.29, 0.717) is 41.7 Å². The van der Waals surface area contributed by atoms with Crippen LogP contribution in [0.15, 0.2) is 48.0 Å². The Bertz CT molecular complexity index is 1350. The third-order valence-electron chi connectivity index (χ3n) is 7.84. The van der Waals surface area contributed by atoms with Crippen molar-refractivity contribution in [2.75, 3.05) is 52.5 Å². The summed E-state index contributed by atoms with van der Waals surface area (Å²) in [5.41, 5.74) is 2.60. The van der Waals surface area contributed by atoms with Crippen molar-refractivity contribution < 1.29 is 23.8 Å². The third-order valence-corrected chi connectivity index (χ3v) is 8.70. The van der Waals surface area contributed by atoms with Gasteiger partial charge in [0.2, 0.25) is 0 Å². The number of amides is 2. The molecule has 0 bridgehead atoms. The van der Waals surface area contributed by atoms with Gasteiger partial charge in [-0.15, -0.1) is 0 Å². The van der Waals surface area contributed by atoms with Crippen LogP contribution in [0.1, 0.15) is 51.2 Å². The molecule has 2 heterocycles. The van der Waals surface area contributed by atoms with Crippen molar-refractivity contribution in [3.8, 4) is 5.75 Å². The topological polar surface area (TPSA) is 71.5 Å². The van der Waals surface area contributed by atoms with Crippen molar-refractivity contribution in [1.29, 1.82) is 0 Å². The molecule has 2 amide bonds. The Kier molecular flexibility index (Phi) is 10.2. The quantitative estimate of drug-likeness (QED) is 0.325. The second-order valence-electron chi connectivity index (χ2n) is 12.3. The average molecular weight is 631 g/mol. The molecule has 0 radical (unpaired) electrons. The highest BCUT2D eigenvalue weighted by molar-refractivity contribution is 6.42. The minimum atomic E-state index is -0.637. The lowest BCUT2D eigenvalue weighted by atomic mass is 9.92. The minimum Gasteiger partial charge on any atom is -0.492 e. The number of ether oxygens (including phenoxy) is 3. The number of carbonyl (C=O) groups is 2. The van der Waals surface area contributed by atoms with E-state index in [1.165, 1.54) is 0 Å². The van der Waals surface area contributed by atoms with Crippen LogP contribution >= 0.6 is 23.2 Å². The van der Waals surface area contributed by atoms with Gasteiger partial charge in [-0.1, -0.05) is 47.5 Å². The van der Waals surface area contributed by atoms with Crippen LogP contribution in [-0.4, -0.2) is 90.9 Å². The van der Waals surface area contributed by atoms with Crippen LogP contribution in [0.25, 0.3) is 5.57 Å². The molecule has 3 aliphatic rings. The fourth-order valence-corrected chi connectivity index (χ4v) is 5.81. The van der Waals surface area contributed by atoms with Crippen LogP contribution in [-0.2, 0) is 20.8 Å². The first-order chi connectivity index (χ1) is 20.6. The standard InChI is InChI=1S/C33H41Cl2N3O5/c1-33(2,3)43-32(40)37-13-12-27(23-6-4-8-26(20-23)42-19-16-36-14-17-41-18-15-36)28(22-37)31(39)38(25-10-11-25)21-24-7-5-9-29(34)30(24)35/h4-9,20,25H,10-19,21-22H2,1-3H3. The average Bonchev–Trinajstić information content (AvgIpc) is 3.83. The second kappa shape index (κ2) is 13.9. The monoisotopic (exact) mass is 629 g/mol. The molecule has 0 aromatic heterocycles. The largest absolute Gasteiger partial charge is 0.492 e. The molecule has 2 aromatic carbocycles. The molecule has 232 valence electrons. The summed E-state index contributed by atoms with van der Waals surface area (Å²) < 4.78 is 17.3. The van der Waals surface area contributed by atoms with Crippen LogP contribution in [0, 0.1) is 0 Å². The summed E-state index contributed by atoms with van der Waals surface area (Å²) in [6.45, 7) is 11.2. The second-order valence-corrected chi connectivity index (χ2v) is 13.1. The molecule has 5 rings (SSSR count). The molecule has 43 heavy (non-hydrogen) atoms. The maximum Gasteiger partial charge on any atom is 0.410 e. The Hall–Kier alpha value is -2.78. The summed E-state index contributed by atoms with van der Waals surface area (Å²) in [5, 5.41) is 0.916. The van der Waals surface area contributed by atoms with E-state index >= 15 is 0 Å². The van der Waals surface area contributed by atoms with Crippen molar-refractivity contribution in [1.82, 2.24) is 14.7 Å². The fourth-order valence-electron chi connectivity index (χ4n) is 5.43. The van der Waals surface area contributed by atoms with E-state index in [4.69, 9.17) is 37.4 Å². The van der Waals surface area contributed by atoms with Crippen LogP contribution in [0.3, 0.4) is 0 Å². The van der Waals surface area contributed by atoms with Gasteiger partial charge in [0.1, 0.15) is 18.0 Å². The molecule has 0 N–H and O–H groups in total. The minimum absolute atomic E-state index is 0.0968. The Labute approximate surface area is 264 Å². The van der Waals surface area contributed by atoms with Gasteiger partial charge in [0.15, 0.2) is 0 Å². The van der Waals surface area contributed by atoms with E-state index in [-0.39, 0.29) is 18.5 Å². The predicted octanol–water partition coefficient (Wildman–Crippen LogP) is 6.29. The van der Waals surface area contributed by atoms with E-state index in [2.05, 4.69) is 4.90 Å². The number of hydrogen-bond acceptors (Lipinski definition) is 6.